The Morgan fingerprint density at radius 1 is 1.07 bits per heavy atom. The van der Waals surface area contributed by atoms with Gasteiger partial charge in [0.2, 0.25) is 6.41 Å². The van der Waals surface area contributed by atoms with Crippen LogP contribution in [0.2, 0.25) is 0 Å². The maximum absolute atomic E-state index is 13.6. The van der Waals surface area contributed by atoms with Gasteiger partial charge in [0.1, 0.15) is 22.3 Å². The first kappa shape index (κ1) is 19.9. The molecule has 0 aliphatic rings. The fourth-order valence-electron chi connectivity index (χ4n) is 2.50. The molecule has 146 valence electrons. The van der Waals surface area contributed by atoms with Gasteiger partial charge in [-0.05, 0) is 42.5 Å². The van der Waals surface area contributed by atoms with Crippen molar-refractivity contribution in [2.75, 3.05) is 4.90 Å². The molecule has 0 N–H and O–H groups in total. The minimum atomic E-state index is -4.86. The van der Waals surface area contributed by atoms with Gasteiger partial charge in [-0.2, -0.15) is 18.3 Å². The molecule has 10 heteroatoms. The average molecular weight is 413 g/mol. The Morgan fingerprint density at radius 3 is 2.32 bits per heavy atom. The molecule has 0 spiro atoms. The van der Waals surface area contributed by atoms with Gasteiger partial charge in [-0.1, -0.05) is 17.8 Å². The fraction of sp³-hybridized carbons (Fsp3) is 0.111. The van der Waals surface area contributed by atoms with Crippen LogP contribution < -0.4 is 4.90 Å². The summed E-state index contributed by atoms with van der Waals surface area (Å²) in [5.74, 6) is -1.21. The van der Waals surface area contributed by atoms with E-state index in [1.54, 1.807) is 0 Å². The molecule has 4 nitrogen and oxygen atoms in total. The van der Waals surface area contributed by atoms with Gasteiger partial charge in [-0.15, -0.1) is 0 Å². The zero-order valence-corrected chi connectivity index (χ0v) is 15.1. The first-order valence-electron chi connectivity index (χ1n) is 7.78. The van der Waals surface area contributed by atoms with E-state index in [0.717, 1.165) is 40.7 Å². The number of hydrogen-bond acceptors (Lipinski definition) is 3. The topological polar surface area (TPSA) is 38.1 Å². The van der Waals surface area contributed by atoms with Crippen molar-refractivity contribution in [3.8, 4) is 0 Å². The van der Waals surface area contributed by atoms with Crippen molar-refractivity contribution in [1.82, 2.24) is 9.78 Å². The molecule has 0 bridgehead atoms. The summed E-state index contributed by atoms with van der Waals surface area (Å²) in [6.07, 6.45) is -4.70. The summed E-state index contributed by atoms with van der Waals surface area (Å²) in [6, 6.07) is 9.71. The highest BCUT2D eigenvalue weighted by atomic mass is 32.2. The van der Waals surface area contributed by atoms with E-state index in [1.807, 2.05) is 0 Å². The second-order valence-corrected chi connectivity index (χ2v) is 6.70. The number of rotatable bonds is 5. The zero-order chi connectivity index (χ0) is 20.5. The highest BCUT2D eigenvalue weighted by molar-refractivity contribution is 7.99. The van der Waals surface area contributed by atoms with Crippen molar-refractivity contribution in [3.63, 3.8) is 0 Å². The highest BCUT2D eigenvalue weighted by Crippen LogP contribution is 2.45. The van der Waals surface area contributed by atoms with Crippen molar-refractivity contribution in [2.24, 2.45) is 7.05 Å². The Morgan fingerprint density at radius 2 is 1.75 bits per heavy atom. The quantitative estimate of drug-likeness (QED) is 0.428. The maximum atomic E-state index is 13.6. The summed E-state index contributed by atoms with van der Waals surface area (Å²) in [5, 5.41) is 3.50. The largest absolute Gasteiger partial charge is 0.437 e. The third-order valence-electron chi connectivity index (χ3n) is 3.70. The molecule has 28 heavy (non-hydrogen) atoms. The summed E-state index contributed by atoms with van der Waals surface area (Å²) in [7, 11) is 1.29. The number of benzene rings is 2. The van der Waals surface area contributed by atoms with E-state index in [9.17, 15) is 26.7 Å². The lowest BCUT2D eigenvalue weighted by Gasteiger charge is -2.20. The molecule has 1 amide bonds. The van der Waals surface area contributed by atoms with Crippen molar-refractivity contribution in [2.45, 2.75) is 16.1 Å². The summed E-state index contributed by atoms with van der Waals surface area (Å²) < 4.78 is 68.4. The van der Waals surface area contributed by atoms with Crippen molar-refractivity contribution in [3.05, 3.63) is 65.9 Å². The second-order valence-electron chi connectivity index (χ2n) is 5.63. The zero-order valence-electron chi connectivity index (χ0n) is 14.2. The number of amides is 1. The molecular weight excluding hydrogens is 401 g/mol. The standard InChI is InChI=1S/C18H12F5N3OS/c1-25-17(28-14-7-5-11(19)6-8-14)15(16(24-25)18(21,22)23)26(10-27)13-4-2-3-12(20)9-13/h2-10H,1H3. The normalized spacial score (nSPS) is 11.5. The van der Waals surface area contributed by atoms with Crippen LogP contribution in [0.25, 0.3) is 0 Å². The van der Waals surface area contributed by atoms with E-state index in [2.05, 4.69) is 5.10 Å². The van der Waals surface area contributed by atoms with E-state index >= 15 is 0 Å². The summed E-state index contributed by atoms with van der Waals surface area (Å²) in [6.45, 7) is 0. The number of aryl methyl sites for hydroxylation is 1. The molecule has 0 radical (unpaired) electrons. The van der Waals surface area contributed by atoms with E-state index in [1.165, 1.54) is 31.3 Å². The number of aromatic nitrogens is 2. The summed E-state index contributed by atoms with van der Waals surface area (Å²) >= 11 is 0.869. The van der Waals surface area contributed by atoms with E-state index in [0.29, 0.717) is 9.80 Å². The molecule has 1 aromatic heterocycles. The predicted octanol–water partition coefficient (Wildman–Crippen LogP) is 5.16. The molecule has 0 fully saturated rings. The first-order valence-corrected chi connectivity index (χ1v) is 8.60. The lowest BCUT2D eigenvalue weighted by molar-refractivity contribution is -0.140. The van der Waals surface area contributed by atoms with Gasteiger partial charge < -0.3 is 0 Å². The molecule has 1 heterocycles. The number of halogens is 5. The number of alkyl halides is 3. The second kappa shape index (κ2) is 7.63. The van der Waals surface area contributed by atoms with Gasteiger partial charge in [0.15, 0.2) is 5.69 Å². The number of hydrogen-bond donors (Lipinski definition) is 0. The van der Waals surface area contributed by atoms with Crippen molar-refractivity contribution < 1.29 is 26.7 Å². The van der Waals surface area contributed by atoms with E-state index < -0.39 is 29.2 Å². The lowest BCUT2D eigenvalue weighted by Crippen LogP contribution is -2.19. The van der Waals surface area contributed by atoms with Crippen LogP contribution in [0.15, 0.2) is 58.5 Å². The van der Waals surface area contributed by atoms with Crippen molar-refractivity contribution >= 4 is 29.5 Å². The summed E-state index contributed by atoms with van der Waals surface area (Å²) in [4.78, 5) is 12.8. The smallest absolute Gasteiger partial charge is 0.279 e. The molecule has 0 saturated carbocycles. The minimum absolute atomic E-state index is 0.0182. The Labute approximate surface area is 160 Å². The van der Waals surface area contributed by atoms with E-state index in [4.69, 9.17) is 0 Å². The predicted molar refractivity (Wildman–Crippen MR) is 93.3 cm³/mol. The van der Waals surface area contributed by atoms with Crippen LogP contribution in [0.3, 0.4) is 0 Å². The third kappa shape index (κ3) is 4.01. The first-order chi connectivity index (χ1) is 13.2. The van der Waals surface area contributed by atoms with Gasteiger partial charge >= 0.3 is 6.18 Å². The number of carbonyl (C=O) groups excluding carboxylic acids is 1. The molecule has 0 unspecified atom stereocenters. The van der Waals surface area contributed by atoms with Crippen LogP contribution in [-0.4, -0.2) is 16.2 Å². The average Bonchev–Trinajstić information content (AvgIpc) is 2.95. The lowest BCUT2D eigenvalue weighted by atomic mass is 10.2. The van der Waals surface area contributed by atoms with Gasteiger partial charge in [0, 0.05) is 11.9 Å². The maximum Gasteiger partial charge on any atom is 0.437 e. The molecule has 0 aliphatic heterocycles. The minimum Gasteiger partial charge on any atom is -0.279 e. The van der Waals surface area contributed by atoms with Crippen LogP contribution >= 0.6 is 11.8 Å². The number of carbonyl (C=O) groups is 1. The van der Waals surface area contributed by atoms with Gasteiger partial charge in [0.25, 0.3) is 0 Å². The highest BCUT2D eigenvalue weighted by Gasteiger charge is 2.41. The number of nitrogens with zero attached hydrogens (tertiary/aromatic N) is 3. The van der Waals surface area contributed by atoms with Gasteiger partial charge in [-0.3, -0.25) is 14.4 Å². The summed E-state index contributed by atoms with van der Waals surface area (Å²) in [5.41, 5.74) is -1.92. The van der Waals surface area contributed by atoms with Crippen LogP contribution in [-0.2, 0) is 18.0 Å². The van der Waals surface area contributed by atoms with Gasteiger partial charge in [0.05, 0.1) is 5.69 Å². The Kier molecular flexibility index (Phi) is 5.41. The molecule has 0 atom stereocenters. The Bertz CT molecular complexity index is 1000. The molecule has 3 aromatic rings. The molecule has 0 saturated heterocycles. The van der Waals surface area contributed by atoms with Crippen LogP contribution in [0.4, 0.5) is 33.3 Å². The Hall–Kier alpha value is -2.88. The van der Waals surface area contributed by atoms with E-state index in [-0.39, 0.29) is 17.1 Å². The fourth-order valence-corrected chi connectivity index (χ4v) is 3.46. The molecule has 3 rings (SSSR count). The molecule has 0 aliphatic carbocycles. The van der Waals surface area contributed by atoms with Crippen LogP contribution in [0, 0.1) is 11.6 Å². The SMILES string of the molecule is Cn1nc(C(F)(F)F)c(N(C=O)c2cccc(F)c2)c1Sc1ccc(F)cc1. The van der Waals surface area contributed by atoms with Crippen LogP contribution in [0.1, 0.15) is 5.69 Å². The Balaban J connectivity index is 2.18. The molecule has 2 aromatic carbocycles. The van der Waals surface area contributed by atoms with Crippen LogP contribution in [0.5, 0.6) is 0 Å². The number of anilines is 2. The molecular formula is C18H12F5N3OS. The monoisotopic (exact) mass is 413 g/mol. The van der Waals surface area contributed by atoms with Gasteiger partial charge in [-0.25, -0.2) is 8.78 Å². The third-order valence-corrected chi connectivity index (χ3v) is 4.86. The van der Waals surface area contributed by atoms with Crippen molar-refractivity contribution in [1.29, 1.82) is 0 Å².